The van der Waals surface area contributed by atoms with Crippen molar-refractivity contribution in [2.24, 2.45) is 0 Å². The van der Waals surface area contributed by atoms with Crippen LogP contribution in [-0.4, -0.2) is 16.7 Å². The molecule has 78 valence electrons. The third kappa shape index (κ3) is 1.79. The van der Waals surface area contributed by atoms with Gasteiger partial charge in [-0.2, -0.15) is 5.10 Å². The monoisotopic (exact) mass is 202 g/mol. The maximum atomic E-state index is 5.79. The van der Waals surface area contributed by atoms with Gasteiger partial charge in [-0.05, 0) is 19.1 Å². The van der Waals surface area contributed by atoms with Gasteiger partial charge in [-0.15, -0.1) is 0 Å². The molecule has 0 amide bonds. The molecule has 0 saturated heterocycles. The Labute approximate surface area is 88.7 Å². The number of benzene rings is 1. The second kappa shape index (κ2) is 4.04. The molecule has 1 heterocycles. The lowest BCUT2D eigenvalue weighted by Gasteiger charge is -2.21. The van der Waals surface area contributed by atoms with E-state index in [4.69, 9.17) is 5.73 Å². The zero-order valence-corrected chi connectivity index (χ0v) is 8.64. The Morgan fingerprint density at radius 2 is 2.07 bits per heavy atom. The van der Waals surface area contributed by atoms with Crippen LogP contribution >= 0.6 is 0 Å². The minimum Gasteiger partial charge on any atom is -0.382 e. The fourth-order valence-corrected chi connectivity index (χ4v) is 1.60. The summed E-state index contributed by atoms with van der Waals surface area (Å²) in [6.45, 7) is 2.94. The summed E-state index contributed by atoms with van der Waals surface area (Å²) in [7, 11) is 0. The van der Waals surface area contributed by atoms with Crippen LogP contribution in [0.5, 0.6) is 0 Å². The summed E-state index contributed by atoms with van der Waals surface area (Å²) >= 11 is 0. The molecule has 4 heteroatoms. The van der Waals surface area contributed by atoms with E-state index >= 15 is 0 Å². The highest BCUT2D eigenvalue weighted by molar-refractivity contribution is 5.71. The van der Waals surface area contributed by atoms with Crippen LogP contribution in [0.25, 0.3) is 0 Å². The first-order chi connectivity index (χ1) is 7.33. The van der Waals surface area contributed by atoms with Crippen LogP contribution in [0.15, 0.2) is 36.5 Å². The highest BCUT2D eigenvalue weighted by Crippen LogP contribution is 2.27. The van der Waals surface area contributed by atoms with Crippen molar-refractivity contribution in [3.8, 4) is 0 Å². The van der Waals surface area contributed by atoms with Crippen molar-refractivity contribution in [3.63, 3.8) is 0 Å². The summed E-state index contributed by atoms with van der Waals surface area (Å²) < 4.78 is 0. The largest absolute Gasteiger partial charge is 0.382 e. The first-order valence-corrected chi connectivity index (χ1v) is 4.94. The van der Waals surface area contributed by atoms with E-state index in [0.717, 1.165) is 17.9 Å². The molecule has 4 nitrogen and oxygen atoms in total. The molecule has 3 N–H and O–H groups in total. The summed E-state index contributed by atoms with van der Waals surface area (Å²) in [5, 5.41) is 6.66. The molecule has 1 aromatic carbocycles. The standard InChI is InChI=1S/C11H14N4/c1-2-15(9-6-4-3-5-7-9)10-8-13-14-11(10)12/h3-8H,2H2,1H3,(H3,12,13,14). The summed E-state index contributed by atoms with van der Waals surface area (Å²) in [5.74, 6) is 0.598. The molecule has 2 rings (SSSR count). The minimum absolute atomic E-state index is 0.598. The zero-order chi connectivity index (χ0) is 10.7. The van der Waals surface area contributed by atoms with Crippen molar-refractivity contribution in [1.29, 1.82) is 0 Å². The van der Waals surface area contributed by atoms with Crippen LogP contribution in [0.3, 0.4) is 0 Å². The van der Waals surface area contributed by atoms with E-state index in [1.165, 1.54) is 0 Å². The van der Waals surface area contributed by atoms with Crippen LogP contribution in [0, 0.1) is 0 Å². The van der Waals surface area contributed by atoms with Crippen LogP contribution in [0.4, 0.5) is 17.2 Å². The van der Waals surface area contributed by atoms with Gasteiger partial charge in [-0.1, -0.05) is 18.2 Å². The average Bonchev–Trinajstić information content (AvgIpc) is 2.68. The number of aromatic nitrogens is 2. The lowest BCUT2D eigenvalue weighted by molar-refractivity contribution is 1.03. The summed E-state index contributed by atoms with van der Waals surface area (Å²) in [6.07, 6.45) is 1.74. The molecule has 0 bridgehead atoms. The Kier molecular flexibility index (Phi) is 2.58. The average molecular weight is 202 g/mol. The molecule has 15 heavy (non-hydrogen) atoms. The summed E-state index contributed by atoms with van der Waals surface area (Å²) in [4.78, 5) is 2.11. The minimum atomic E-state index is 0.598. The fraction of sp³-hybridized carbons (Fsp3) is 0.182. The SMILES string of the molecule is CCN(c1ccccc1)c1cn[nH]c1N. The van der Waals surface area contributed by atoms with Gasteiger partial charge >= 0.3 is 0 Å². The summed E-state index contributed by atoms with van der Waals surface area (Å²) in [6, 6.07) is 10.1. The van der Waals surface area contributed by atoms with Crippen LogP contribution in [0.1, 0.15) is 6.92 Å². The van der Waals surface area contributed by atoms with Crippen molar-refractivity contribution < 1.29 is 0 Å². The maximum Gasteiger partial charge on any atom is 0.143 e. The predicted molar refractivity (Wildman–Crippen MR) is 62.1 cm³/mol. The molecule has 2 aromatic rings. The molecule has 0 atom stereocenters. The topological polar surface area (TPSA) is 57.9 Å². The van der Waals surface area contributed by atoms with Crippen molar-refractivity contribution in [3.05, 3.63) is 36.5 Å². The van der Waals surface area contributed by atoms with Crippen molar-refractivity contribution in [1.82, 2.24) is 10.2 Å². The van der Waals surface area contributed by atoms with Crippen LogP contribution in [0.2, 0.25) is 0 Å². The van der Waals surface area contributed by atoms with Crippen molar-refractivity contribution in [2.75, 3.05) is 17.2 Å². The van der Waals surface area contributed by atoms with Crippen molar-refractivity contribution >= 4 is 17.2 Å². The molecule has 0 spiro atoms. The van der Waals surface area contributed by atoms with Gasteiger partial charge in [0.25, 0.3) is 0 Å². The van der Waals surface area contributed by atoms with Gasteiger partial charge in [0.05, 0.1) is 6.20 Å². The van der Waals surface area contributed by atoms with Crippen molar-refractivity contribution in [2.45, 2.75) is 6.92 Å². The third-order valence-corrected chi connectivity index (χ3v) is 2.32. The second-order valence-electron chi connectivity index (χ2n) is 3.25. The molecular weight excluding hydrogens is 188 g/mol. The van der Waals surface area contributed by atoms with Gasteiger partial charge < -0.3 is 10.6 Å². The first kappa shape index (κ1) is 9.58. The van der Waals surface area contributed by atoms with E-state index in [2.05, 4.69) is 34.2 Å². The zero-order valence-electron chi connectivity index (χ0n) is 8.64. The Morgan fingerprint density at radius 3 is 2.60 bits per heavy atom. The van der Waals surface area contributed by atoms with Crippen LogP contribution < -0.4 is 10.6 Å². The second-order valence-corrected chi connectivity index (χ2v) is 3.25. The molecule has 0 aliphatic rings. The molecule has 0 radical (unpaired) electrons. The van der Waals surface area contributed by atoms with Gasteiger partial charge in [0.1, 0.15) is 11.5 Å². The van der Waals surface area contributed by atoms with Gasteiger partial charge in [0.2, 0.25) is 0 Å². The van der Waals surface area contributed by atoms with Gasteiger partial charge in [0, 0.05) is 12.2 Å². The molecule has 0 unspecified atom stereocenters. The fourth-order valence-electron chi connectivity index (χ4n) is 1.60. The number of nitrogen functional groups attached to an aromatic ring is 1. The summed E-state index contributed by atoms with van der Waals surface area (Å²) in [5.41, 5.74) is 7.83. The van der Waals surface area contributed by atoms with E-state index in [1.54, 1.807) is 6.20 Å². The number of nitrogens with zero attached hydrogens (tertiary/aromatic N) is 2. The number of anilines is 3. The number of rotatable bonds is 3. The molecule has 0 fully saturated rings. The number of H-pyrrole nitrogens is 1. The Bertz CT molecular complexity index is 421. The molecule has 1 aromatic heterocycles. The Balaban J connectivity index is 2.37. The number of hydrogen-bond donors (Lipinski definition) is 2. The Morgan fingerprint density at radius 1 is 1.33 bits per heavy atom. The Hall–Kier alpha value is -1.97. The number of nitrogens with one attached hydrogen (secondary N) is 1. The highest BCUT2D eigenvalue weighted by Gasteiger charge is 2.10. The molecular formula is C11H14N4. The quantitative estimate of drug-likeness (QED) is 0.801. The lowest BCUT2D eigenvalue weighted by atomic mass is 10.2. The smallest absolute Gasteiger partial charge is 0.143 e. The number of nitrogens with two attached hydrogens (primary N) is 1. The molecule has 0 aliphatic carbocycles. The third-order valence-electron chi connectivity index (χ3n) is 2.32. The van der Waals surface area contributed by atoms with E-state index in [0.29, 0.717) is 5.82 Å². The lowest BCUT2D eigenvalue weighted by Crippen LogP contribution is -2.16. The number of aromatic amines is 1. The van der Waals surface area contributed by atoms with Gasteiger partial charge in [-0.3, -0.25) is 5.10 Å². The van der Waals surface area contributed by atoms with E-state index in [9.17, 15) is 0 Å². The maximum absolute atomic E-state index is 5.79. The highest BCUT2D eigenvalue weighted by atomic mass is 15.2. The first-order valence-electron chi connectivity index (χ1n) is 4.94. The number of hydrogen-bond acceptors (Lipinski definition) is 3. The normalized spacial score (nSPS) is 10.2. The van der Waals surface area contributed by atoms with E-state index < -0.39 is 0 Å². The molecule has 0 aliphatic heterocycles. The van der Waals surface area contributed by atoms with Crippen LogP contribution in [-0.2, 0) is 0 Å². The molecule has 0 saturated carbocycles. The van der Waals surface area contributed by atoms with E-state index in [-0.39, 0.29) is 0 Å². The van der Waals surface area contributed by atoms with E-state index in [1.807, 2.05) is 18.2 Å². The predicted octanol–water partition coefficient (Wildman–Crippen LogP) is 2.15. The van der Waals surface area contributed by atoms with Gasteiger partial charge in [-0.25, -0.2) is 0 Å². The van der Waals surface area contributed by atoms with Gasteiger partial charge in [0.15, 0.2) is 0 Å². The number of para-hydroxylation sites is 1.